The van der Waals surface area contributed by atoms with Crippen LogP contribution in [0, 0.1) is 0 Å². The summed E-state index contributed by atoms with van der Waals surface area (Å²) >= 11 is 5.76. The molecule has 3 nitrogen and oxygen atoms in total. The zero-order chi connectivity index (χ0) is 15.6. The topological polar surface area (TPSA) is 55.1 Å². The van der Waals surface area contributed by atoms with Crippen molar-refractivity contribution in [2.45, 2.75) is 6.18 Å². The Hall–Kier alpha value is -2.21. The first-order chi connectivity index (χ1) is 9.77. The average molecular weight is 315 g/mol. The van der Waals surface area contributed by atoms with Gasteiger partial charge in [-0.2, -0.15) is 13.2 Å². The normalized spacial score (nSPS) is 11.2. The van der Waals surface area contributed by atoms with Gasteiger partial charge in [0.25, 0.3) is 5.91 Å². The lowest BCUT2D eigenvalue weighted by atomic mass is 10.1. The van der Waals surface area contributed by atoms with Crippen molar-refractivity contribution in [1.29, 1.82) is 0 Å². The molecule has 0 aliphatic rings. The SMILES string of the molecule is Nc1cc(Cl)cc(C(=O)Nc2ccccc2C(F)(F)F)c1. The Bertz CT molecular complexity index is 666. The highest BCUT2D eigenvalue weighted by atomic mass is 35.5. The summed E-state index contributed by atoms with van der Waals surface area (Å²) in [5.41, 5.74) is 4.62. The van der Waals surface area contributed by atoms with E-state index in [0.29, 0.717) is 0 Å². The van der Waals surface area contributed by atoms with E-state index in [1.807, 2.05) is 0 Å². The molecule has 7 heteroatoms. The predicted octanol–water partition coefficient (Wildman–Crippen LogP) is 4.19. The van der Waals surface area contributed by atoms with Crippen molar-refractivity contribution in [3.8, 4) is 0 Å². The molecule has 0 aliphatic heterocycles. The number of alkyl halides is 3. The van der Waals surface area contributed by atoms with Crippen LogP contribution in [0.1, 0.15) is 15.9 Å². The molecule has 0 saturated heterocycles. The van der Waals surface area contributed by atoms with Crippen LogP contribution in [-0.2, 0) is 6.18 Å². The maximum Gasteiger partial charge on any atom is 0.418 e. The largest absolute Gasteiger partial charge is 0.418 e. The third kappa shape index (κ3) is 3.66. The summed E-state index contributed by atoms with van der Waals surface area (Å²) in [6, 6.07) is 8.80. The Balaban J connectivity index is 2.32. The molecule has 0 fully saturated rings. The van der Waals surface area contributed by atoms with E-state index in [4.69, 9.17) is 17.3 Å². The number of halogens is 4. The standard InChI is InChI=1S/C14H10ClF3N2O/c15-9-5-8(6-10(19)7-9)13(21)20-12-4-2-1-3-11(12)14(16,17)18/h1-7H,19H2,(H,20,21). The van der Waals surface area contributed by atoms with Crippen LogP contribution in [0.3, 0.4) is 0 Å². The zero-order valence-electron chi connectivity index (χ0n) is 10.5. The van der Waals surface area contributed by atoms with Gasteiger partial charge in [0.1, 0.15) is 0 Å². The summed E-state index contributed by atoms with van der Waals surface area (Å²) in [7, 11) is 0. The summed E-state index contributed by atoms with van der Waals surface area (Å²) < 4.78 is 38.5. The van der Waals surface area contributed by atoms with Crippen molar-refractivity contribution in [3.05, 3.63) is 58.6 Å². The molecule has 21 heavy (non-hydrogen) atoms. The maximum atomic E-state index is 12.8. The van der Waals surface area contributed by atoms with Gasteiger partial charge < -0.3 is 11.1 Å². The van der Waals surface area contributed by atoms with Gasteiger partial charge in [-0.3, -0.25) is 4.79 Å². The Morgan fingerprint density at radius 2 is 1.81 bits per heavy atom. The van der Waals surface area contributed by atoms with Gasteiger partial charge in [0.15, 0.2) is 0 Å². The summed E-state index contributed by atoms with van der Waals surface area (Å²) in [6.45, 7) is 0. The molecule has 3 N–H and O–H groups in total. The summed E-state index contributed by atoms with van der Waals surface area (Å²) in [5.74, 6) is -0.721. The molecule has 2 aromatic rings. The summed E-state index contributed by atoms with van der Waals surface area (Å²) in [4.78, 5) is 12.0. The molecule has 0 aromatic heterocycles. The molecule has 0 unspecified atom stereocenters. The molecule has 2 rings (SSSR count). The van der Waals surface area contributed by atoms with E-state index in [9.17, 15) is 18.0 Å². The van der Waals surface area contributed by atoms with E-state index in [1.54, 1.807) is 0 Å². The van der Waals surface area contributed by atoms with Gasteiger partial charge in [-0.1, -0.05) is 23.7 Å². The first-order valence-electron chi connectivity index (χ1n) is 5.81. The van der Waals surface area contributed by atoms with Crippen LogP contribution in [-0.4, -0.2) is 5.91 Å². The highest BCUT2D eigenvalue weighted by molar-refractivity contribution is 6.31. The number of hydrogen-bond acceptors (Lipinski definition) is 2. The number of carbonyl (C=O) groups is 1. The van der Waals surface area contributed by atoms with Crippen molar-refractivity contribution in [3.63, 3.8) is 0 Å². The number of rotatable bonds is 2. The van der Waals surface area contributed by atoms with Crippen LogP contribution in [0.25, 0.3) is 0 Å². The molecule has 0 atom stereocenters. The van der Waals surface area contributed by atoms with Gasteiger partial charge in [0, 0.05) is 16.3 Å². The number of nitrogens with two attached hydrogens (primary N) is 1. The monoisotopic (exact) mass is 314 g/mol. The molecular weight excluding hydrogens is 305 g/mol. The second kappa shape index (κ2) is 5.65. The summed E-state index contributed by atoms with van der Waals surface area (Å²) in [5, 5.41) is 2.44. The third-order valence-electron chi connectivity index (χ3n) is 2.66. The number of carbonyl (C=O) groups excluding carboxylic acids is 1. The molecule has 0 bridgehead atoms. The lowest BCUT2D eigenvalue weighted by Gasteiger charge is -2.13. The van der Waals surface area contributed by atoms with Crippen molar-refractivity contribution >= 4 is 28.9 Å². The minimum Gasteiger partial charge on any atom is -0.399 e. The fraction of sp³-hybridized carbons (Fsp3) is 0.0714. The second-order valence-corrected chi connectivity index (χ2v) is 4.71. The number of hydrogen-bond donors (Lipinski definition) is 2. The molecule has 0 saturated carbocycles. The Labute approximate surface area is 123 Å². The van der Waals surface area contributed by atoms with Crippen molar-refractivity contribution in [1.82, 2.24) is 0 Å². The van der Waals surface area contributed by atoms with E-state index in [1.165, 1.54) is 36.4 Å². The van der Waals surface area contributed by atoms with Gasteiger partial charge in [-0.05, 0) is 30.3 Å². The van der Waals surface area contributed by atoms with E-state index >= 15 is 0 Å². The Morgan fingerprint density at radius 1 is 1.14 bits per heavy atom. The van der Waals surface area contributed by atoms with E-state index in [-0.39, 0.29) is 22.0 Å². The fourth-order valence-electron chi connectivity index (χ4n) is 1.78. The molecule has 0 radical (unpaired) electrons. The highest BCUT2D eigenvalue weighted by Crippen LogP contribution is 2.34. The number of para-hydroxylation sites is 1. The smallest absolute Gasteiger partial charge is 0.399 e. The molecule has 2 aromatic carbocycles. The first-order valence-corrected chi connectivity index (χ1v) is 6.19. The summed E-state index contributed by atoms with van der Waals surface area (Å²) in [6.07, 6.45) is -4.56. The van der Waals surface area contributed by atoms with E-state index in [2.05, 4.69) is 5.32 Å². The van der Waals surface area contributed by atoms with Gasteiger partial charge in [-0.15, -0.1) is 0 Å². The van der Waals surface area contributed by atoms with Gasteiger partial charge in [0.05, 0.1) is 11.3 Å². The van der Waals surface area contributed by atoms with Gasteiger partial charge >= 0.3 is 6.18 Å². The minimum atomic E-state index is -4.56. The zero-order valence-corrected chi connectivity index (χ0v) is 11.3. The van der Waals surface area contributed by atoms with Crippen LogP contribution < -0.4 is 11.1 Å². The van der Waals surface area contributed by atoms with Crippen molar-refractivity contribution in [2.75, 3.05) is 11.1 Å². The maximum absolute atomic E-state index is 12.8. The van der Waals surface area contributed by atoms with Gasteiger partial charge in [0.2, 0.25) is 0 Å². The average Bonchev–Trinajstić information content (AvgIpc) is 2.37. The number of amides is 1. The number of nitrogen functional groups attached to an aromatic ring is 1. The highest BCUT2D eigenvalue weighted by Gasteiger charge is 2.33. The second-order valence-electron chi connectivity index (χ2n) is 4.27. The molecular formula is C14H10ClF3N2O. The van der Waals surface area contributed by atoms with Crippen molar-refractivity contribution < 1.29 is 18.0 Å². The van der Waals surface area contributed by atoms with Crippen LogP contribution in [0.5, 0.6) is 0 Å². The van der Waals surface area contributed by atoms with Crippen LogP contribution in [0.15, 0.2) is 42.5 Å². The lowest BCUT2D eigenvalue weighted by Crippen LogP contribution is -2.16. The quantitative estimate of drug-likeness (QED) is 0.816. The number of anilines is 2. The van der Waals surface area contributed by atoms with Crippen LogP contribution in [0.2, 0.25) is 5.02 Å². The molecule has 1 amide bonds. The molecule has 0 spiro atoms. The number of nitrogens with one attached hydrogen (secondary N) is 1. The van der Waals surface area contributed by atoms with Crippen LogP contribution >= 0.6 is 11.6 Å². The lowest BCUT2D eigenvalue weighted by molar-refractivity contribution is -0.136. The Kier molecular flexibility index (Phi) is 4.09. The molecule has 0 heterocycles. The number of benzene rings is 2. The third-order valence-corrected chi connectivity index (χ3v) is 2.88. The molecule has 110 valence electrons. The Morgan fingerprint density at radius 3 is 2.43 bits per heavy atom. The van der Waals surface area contributed by atoms with Crippen molar-refractivity contribution in [2.24, 2.45) is 0 Å². The van der Waals surface area contributed by atoms with E-state index < -0.39 is 17.6 Å². The van der Waals surface area contributed by atoms with E-state index in [0.717, 1.165) is 6.07 Å². The fourth-order valence-corrected chi connectivity index (χ4v) is 2.02. The molecule has 0 aliphatic carbocycles. The predicted molar refractivity (Wildman–Crippen MR) is 75.3 cm³/mol. The minimum absolute atomic E-state index is 0.0805. The van der Waals surface area contributed by atoms with Gasteiger partial charge in [-0.25, -0.2) is 0 Å². The van der Waals surface area contributed by atoms with Crippen LogP contribution in [0.4, 0.5) is 24.5 Å². The first kappa shape index (κ1) is 15.2.